The number of hydrogen-bond donors (Lipinski definition) is 1. The highest BCUT2D eigenvalue weighted by Gasteiger charge is 2.19. The Kier molecular flexibility index (Phi) is 3.81. The monoisotopic (exact) mass is 254 g/mol. The van der Waals surface area contributed by atoms with E-state index in [0.717, 1.165) is 19.1 Å². The summed E-state index contributed by atoms with van der Waals surface area (Å²) in [5.41, 5.74) is 1.40. The maximum atomic E-state index is 3.62. The average molecular weight is 254 g/mol. The summed E-state index contributed by atoms with van der Waals surface area (Å²) in [7, 11) is 2.23. The summed E-state index contributed by atoms with van der Waals surface area (Å²) in [6.45, 7) is 3.31. The first-order chi connectivity index (χ1) is 9.34. The highest BCUT2D eigenvalue weighted by molar-refractivity contribution is 5.85. The van der Waals surface area contributed by atoms with Crippen LogP contribution in [-0.2, 0) is 6.54 Å². The standard InChI is InChI=1S/C17H22N2/c1-19-11-5-9-16(19)13-18-12-15-8-4-7-14-6-2-3-10-17(14)15/h2-4,6-8,10,16,18H,5,9,11-13H2,1H3. The van der Waals surface area contributed by atoms with Crippen LogP contribution in [0.1, 0.15) is 18.4 Å². The fraction of sp³-hybridized carbons (Fsp3) is 0.412. The van der Waals surface area contributed by atoms with Crippen molar-refractivity contribution in [3.63, 3.8) is 0 Å². The maximum Gasteiger partial charge on any atom is 0.0218 e. The predicted molar refractivity (Wildman–Crippen MR) is 81.3 cm³/mol. The Morgan fingerprint density at radius 2 is 2.00 bits per heavy atom. The molecule has 3 rings (SSSR count). The number of hydrogen-bond acceptors (Lipinski definition) is 2. The lowest BCUT2D eigenvalue weighted by molar-refractivity contribution is 0.300. The Morgan fingerprint density at radius 3 is 2.84 bits per heavy atom. The molecule has 0 spiro atoms. The van der Waals surface area contributed by atoms with E-state index in [1.807, 2.05) is 0 Å². The minimum atomic E-state index is 0.718. The van der Waals surface area contributed by atoms with Crippen molar-refractivity contribution in [2.45, 2.75) is 25.4 Å². The van der Waals surface area contributed by atoms with Crippen molar-refractivity contribution in [3.8, 4) is 0 Å². The van der Waals surface area contributed by atoms with Gasteiger partial charge in [0.15, 0.2) is 0 Å². The number of likely N-dealkylation sites (tertiary alicyclic amines) is 1. The quantitative estimate of drug-likeness (QED) is 0.902. The van der Waals surface area contributed by atoms with E-state index < -0.39 is 0 Å². The van der Waals surface area contributed by atoms with Crippen LogP contribution >= 0.6 is 0 Å². The zero-order valence-corrected chi connectivity index (χ0v) is 11.6. The molecule has 1 unspecified atom stereocenters. The molecule has 100 valence electrons. The van der Waals surface area contributed by atoms with Gasteiger partial charge in [0.25, 0.3) is 0 Å². The second-order valence-corrected chi connectivity index (χ2v) is 5.55. The number of fused-ring (bicyclic) bond motifs is 1. The molecule has 2 heteroatoms. The Bertz CT molecular complexity index is 544. The lowest BCUT2D eigenvalue weighted by atomic mass is 10.0. The normalized spacial score (nSPS) is 20.2. The first-order valence-electron chi connectivity index (χ1n) is 7.22. The minimum Gasteiger partial charge on any atom is -0.311 e. The molecule has 0 amide bonds. The Morgan fingerprint density at radius 1 is 1.16 bits per heavy atom. The fourth-order valence-corrected chi connectivity index (χ4v) is 3.06. The van der Waals surface area contributed by atoms with Crippen molar-refractivity contribution in [1.29, 1.82) is 0 Å². The van der Waals surface area contributed by atoms with Gasteiger partial charge >= 0.3 is 0 Å². The second-order valence-electron chi connectivity index (χ2n) is 5.55. The van der Waals surface area contributed by atoms with Crippen LogP contribution < -0.4 is 5.32 Å². The summed E-state index contributed by atoms with van der Waals surface area (Å²) in [6.07, 6.45) is 2.68. The van der Waals surface area contributed by atoms with Crippen LogP contribution in [0.3, 0.4) is 0 Å². The van der Waals surface area contributed by atoms with Crippen molar-refractivity contribution in [2.24, 2.45) is 0 Å². The highest BCUT2D eigenvalue weighted by atomic mass is 15.2. The lowest BCUT2D eigenvalue weighted by Gasteiger charge is -2.20. The van der Waals surface area contributed by atoms with E-state index in [-0.39, 0.29) is 0 Å². The van der Waals surface area contributed by atoms with Crippen LogP contribution in [0.4, 0.5) is 0 Å². The first kappa shape index (κ1) is 12.6. The minimum absolute atomic E-state index is 0.718. The van der Waals surface area contributed by atoms with Gasteiger partial charge in [0, 0.05) is 19.1 Å². The molecule has 1 saturated heterocycles. The molecule has 0 aromatic heterocycles. The molecule has 1 aliphatic heterocycles. The Balaban J connectivity index is 1.65. The fourth-order valence-electron chi connectivity index (χ4n) is 3.06. The van der Waals surface area contributed by atoms with Gasteiger partial charge in [0.1, 0.15) is 0 Å². The van der Waals surface area contributed by atoms with Gasteiger partial charge in [-0.05, 0) is 42.8 Å². The summed E-state index contributed by atoms with van der Waals surface area (Å²) in [5, 5.41) is 6.33. The molecule has 0 saturated carbocycles. The van der Waals surface area contributed by atoms with Crippen LogP contribution in [0, 0.1) is 0 Å². The zero-order chi connectivity index (χ0) is 13.1. The van der Waals surface area contributed by atoms with Crippen molar-refractivity contribution >= 4 is 10.8 Å². The summed E-state index contributed by atoms with van der Waals surface area (Å²) in [5.74, 6) is 0. The molecule has 2 aromatic rings. The zero-order valence-electron chi connectivity index (χ0n) is 11.6. The van der Waals surface area contributed by atoms with E-state index in [2.05, 4.69) is 59.7 Å². The summed E-state index contributed by atoms with van der Waals surface area (Å²) >= 11 is 0. The van der Waals surface area contributed by atoms with Gasteiger partial charge in [-0.1, -0.05) is 42.5 Å². The predicted octanol–water partition coefficient (Wildman–Crippen LogP) is 3.02. The van der Waals surface area contributed by atoms with Gasteiger partial charge in [0.2, 0.25) is 0 Å². The molecule has 0 aliphatic carbocycles. The highest BCUT2D eigenvalue weighted by Crippen LogP contribution is 2.18. The number of rotatable bonds is 4. The second kappa shape index (κ2) is 5.72. The van der Waals surface area contributed by atoms with E-state index >= 15 is 0 Å². The third kappa shape index (κ3) is 2.80. The van der Waals surface area contributed by atoms with Crippen molar-refractivity contribution in [3.05, 3.63) is 48.0 Å². The summed E-state index contributed by atoms with van der Waals surface area (Å²) < 4.78 is 0. The van der Waals surface area contributed by atoms with E-state index in [4.69, 9.17) is 0 Å². The molecule has 19 heavy (non-hydrogen) atoms. The van der Waals surface area contributed by atoms with Gasteiger partial charge in [-0.25, -0.2) is 0 Å². The average Bonchev–Trinajstić information content (AvgIpc) is 2.85. The van der Waals surface area contributed by atoms with Crippen LogP contribution in [-0.4, -0.2) is 31.1 Å². The molecule has 1 fully saturated rings. The molecule has 2 nitrogen and oxygen atoms in total. The van der Waals surface area contributed by atoms with Crippen LogP contribution in [0.15, 0.2) is 42.5 Å². The van der Waals surface area contributed by atoms with Gasteiger partial charge in [-0.2, -0.15) is 0 Å². The van der Waals surface area contributed by atoms with E-state index in [9.17, 15) is 0 Å². The van der Waals surface area contributed by atoms with Crippen LogP contribution in [0.25, 0.3) is 10.8 Å². The summed E-state index contributed by atoms with van der Waals surface area (Å²) in [6, 6.07) is 15.9. The van der Waals surface area contributed by atoms with E-state index in [1.54, 1.807) is 0 Å². The largest absolute Gasteiger partial charge is 0.311 e. The Labute approximate surface area is 115 Å². The first-order valence-corrected chi connectivity index (χ1v) is 7.22. The molecular weight excluding hydrogens is 232 g/mol. The molecule has 1 heterocycles. The molecule has 0 radical (unpaired) electrons. The van der Waals surface area contributed by atoms with Crippen molar-refractivity contribution in [2.75, 3.05) is 20.1 Å². The molecule has 0 bridgehead atoms. The van der Waals surface area contributed by atoms with Crippen molar-refractivity contribution < 1.29 is 0 Å². The maximum absolute atomic E-state index is 3.62. The smallest absolute Gasteiger partial charge is 0.0218 e. The van der Waals surface area contributed by atoms with E-state index in [1.165, 1.54) is 35.7 Å². The number of nitrogens with one attached hydrogen (secondary N) is 1. The summed E-state index contributed by atoms with van der Waals surface area (Å²) in [4.78, 5) is 2.47. The van der Waals surface area contributed by atoms with Crippen molar-refractivity contribution in [1.82, 2.24) is 10.2 Å². The molecule has 1 atom stereocenters. The SMILES string of the molecule is CN1CCCC1CNCc1cccc2ccccc12. The molecule has 2 aromatic carbocycles. The van der Waals surface area contributed by atoms with E-state index in [0.29, 0.717) is 0 Å². The van der Waals surface area contributed by atoms with Gasteiger partial charge in [-0.15, -0.1) is 0 Å². The Hall–Kier alpha value is -1.38. The third-order valence-corrected chi connectivity index (χ3v) is 4.25. The van der Waals surface area contributed by atoms with Gasteiger partial charge < -0.3 is 10.2 Å². The van der Waals surface area contributed by atoms with Gasteiger partial charge in [-0.3, -0.25) is 0 Å². The number of likely N-dealkylation sites (N-methyl/N-ethyl adjacent to an activating group) is 1. The third-order valence-electron chi connectivity index (χ3n) is 4.25. The van der Waals surface area contributed by atoms with Crippen LogP contribution in [0.2, 0.25) is 0 Å². The molecule has 1 aliphatic rings. The molecule has 1 N–H and O–H groups in total. The number of nitrogens with zero attached hydrogens (tertiary/aromatic N) is 1. The van der Waals surface area contributed by atoms with Crippen LogP contribution in [0.5, 0.6) is 0 Å². The number of benzene rings is 2. The van der Waals surface area contributed by atoms with Gasteiger partial charge in [0.05, 0.1) is 0 Å². The lowest BCUT2D eigenvalue weighted by Crippen LogP contribution is -2.35. The topological polar surface area (TPSA) is 15.3 Å². The molecular formula is C17H22N2.